The van der Waals surface area contributed by atoms with E-state index in [1.54, 1.807) is 13.2 Å². The first-order chi connectivity index (χ1) is 8.22. The Bertz CT molecular complexity index is 367. The molecule has 1 heterocycles. The summed E-state index contributed by atoms with van der Waals surface area (Å²) in [5.41, 5.74) is 6.64. The molecule has 5 heteroatoms. The molecular weight excluding hydrogens is 216 g/mol. The van der Waals surface area contributed by atoms with Crippen LogP contribution in [0, 0.1) is 0 Å². The van der Waals surface area contributed by atoms with E-state index in [0.29, 0.717) is 13.1 Å². The predicted octanol–water partition coefficient (Wildman–Crippen LogP) is 0.503. The average molecular weight is 236 g/mol. The molecule has 0 radical (unpaired) electrons. The lowest BCUT2D eigenvalue weighted by atomic mass is 10.2. The molecule has 0 bridgehead atoms. The fourth-order valence-electron chi connectivity index (χ4n) is 1.66. The van der Waals surface area contributed by atoms with E-state index < -0.39 is 0 Å². The number of nitrogens with one attached hydrogen (secondary N) is 1. The smallest absolute Gasteiger partial charge is 0.239 e. The van der Waals surface area contributed by atoms with Gasteiger partial charge in [-0.25, -0.2) is 4.98 Å². The third-order valence-corrected chi connectivity index (χ3v) is 2.49. The van der Waals surface area contributed by atoms with Gasteiger partial charge in [0.2, 0.25) is 5.91 Å². The van der Waals surface area contributed by atoms with Crippen molar-refractivity contribution >= 4 is 11.7 Å². The minimum absolute atomic E-state index is 0.0212. The monoisotopic (exact) mass is 236 g/mol. The first-order valence-corrected chi connectivity index (χ1v) is 5.82. The number of hydrogen-bond donors (Lipinski definition) is 2. The molecule has 0 aliphatic heterocycles. The zero-order chi connectivity index (χ0) is 12.7. The molecule has 0 aliphatic rings. The van der Waals surface area contributed by atoms with Crippen LogP contribution >= 0.6 is 0 Å². The van der Waals surface area contributed by atoms with Gasteiger partial charge in [0.05, 0.1) is 6.54 Å². The largest absolute Gasteiger partial charge is 0.358 e. The van der Waals surface area contributed by atoms with E-state index in [1.807, 2.05) is 17.0 Å². The summed E-state index contributed by atoms with van der Waals surface area (Å²) in [6, 6.07) is 3.80. The molecule has 0 aliphatic carbocycles. The highest BCUT2D eigenvalue weighted by molar-refractivity contribution is 5.80. The molecule has 3 N–H and O–H groups in total. The minimum atomic E-state index is -0.0212. The molecule has 0 fully saturated rings. The Hall–Kier alpha value is -1.62. The Morgan fingerprint density at radius 1 is 1.59 bits per heavy atom. The second-order valence-corrected chi connectivity index (χ2v) is 3.78. The summed E-state index contributed by atoms with van der Waals surface area (Å²) in [5, 5.41) is 2.62. The second-order valence-electron chi connectivity index (χ2n) is 3.78. The lowest BCUT2D eigenvalue weighted by molar-refractivity contribution is -0.119. The van der Waals surface area contributed by atoms with Crippen molar-refractivity contribution in [2.24, 2.45) is 5.73 Å². The number of nitrogens with two attached hydrogens (primary N) is 1. The first kappa shape index (κ1) is 13.4. The van der Waals surface area contributed by atoms with Gasteiger partial charge in [0.25, 0.3) is 0 Å². The van der Waals surface area contributed by atoms with E-state index >= 15 is 0 Å². The number of aromatic nitrogens is 1. The van der Waals surface area contributed by atoms with Crippen molar-refractivity contribution in [1.82, 2.24) is 10.3 Å². The van der Waals surface area contributed by atoms with Gasteiger partial charge in [-0.1, -0.05) is 13.0 Å². The average Bonchev–Trinajstić information content (AvgIpc) is 2.38. The van der Waals surface area contributed by atoms with Crippen LogP contribution in [0.1, 0.15) is 18.9 Å². The molecule has 0 atom stereocenters. The Balaban J connectivity index is 2.91. The van der Waals surface area contributed by atoms with Crippen molar-refractivity contribution in [2.45, 2.75) is 19.9 Å². The molecule has 1 aromatic heterocycles. The van der Waals surface area contributed by atoms with Gasteiger partial charge in [-0.15, -0.1) is 0 Å². The summed E-state index contributed by atoms with van der Waals surface area (Å²) >= 11 is 0. The highest BCUT2D eigenvalue weighted by atomic mass is 16.1. The predicted molar refractivity (Wildman–Crippen MR) is 68.7 cm³/mol. The fourth-order valence-corrected chi connectivity index (χ4v) is 1.66. The van der Waals surface area contributed by atoms with Crippen LogP contribution in [0.2, 0.25) is 0 Å². The number of nitrogens with zero attached hydrogens (tertiary/aromatic N) is 2. The van der Waals surface area contributed by atoms with E-state index in [9.17, 15) is 4.79 Å². The molecule has 1 amide bonds. The molecule has 0 unspecified atom stereocenters. The van der Waals surface area contributed by atoms with Crippen LogP contribution in [0.25, 0.3) is 0 Å². The number of anilines is 1. The van der Waals surface area contributed by atoms with Crippen molar-refractivity contribution < 1.29 is 4.79 Å². The Kier molecular flexibility index (Phi) is 5.42. The van der Waals surface area contributed by atoms with Gasteiger partial charge in [0.15, 0.2) is 0 Å². The number of amides is 1. The molecular formula is C12H20N4O. The van der Waals surface area contributed by atoms with Crippen LogP contribution in [-0.4, -0.2) is 31.0 Å². The maximum absolute atomic E-state index is 11.5. The molecule has 1 aromatic rings. The zero-order valence-electron chi connectivity index (χ0n) is 10.4. The number of likely N-dealkylation sites (N-methyl/N-ethyl adjacent to an activating group) is 1. The minimum Gasteiger partial charge on any atom is -0.358 e. The fraction of sp³-hybridized carbons (Fsp3) is 0.500. The normalized spacial score (nSPS) is 10.1. The summed E-state index contributed by atoms with van der Waals surface area (Å²) in [7, 11) is 1.63. The van der Waals surface area contributed by atoms with Gasteiger partial charge in [0.1, 0.15) is 5.82 Å². The SMILES string of the molecule is CCCN(CC(=O)NC)c1ncccc1CN. The third kappa shape index (κ3) is 3.71. The third-order valence-electron chi connectivity index (χ3n) is 2.49. The molecule has 5 nitrogen and oxygen atoms in total. The van der Waals surface area contributed by atoms with Gasteiger partial charge >= 0.3 is 0 Å². The number of carbonyl (C=O) groups excluding carboxylic acids is 1. The van der Waals surface area contributed by atoms with Crippen LogP contribution in [-0.2, 0) is 11.3 Å². The molecule has 0 saturated carbocycles. The lowest BCUT2D eigenvalue weighted by Crippen LogP contribution is -2.37. The molecule has 94 valence electrons. The zero-order valence-corrected chi connectivity index (χ0v) is 10.4. The first-order valence-electron chi connectivity index (χ1n) is 5.82. The summed E-state index contributed by atoms with van der Waals surface area (Å²) in [4.78, 5) is 17.7. The van der Waals surface area contributed by atoms with Crippen LogP contribution in [0.5, 0.6) is 0 Å². The van der Waals surface area contributed by atoms with Crippen molar-refractivity contribution in [3.8, 4) is 0 Å². The molecule has 1 rings (SSSR count). The van der Waals surface area contributed by atoms with E-state index in [1.165, 1.54) is 0 Å². The molecule has 0 aromatic carbocycles. The Morgan fingerprint density at radius 3 is 2.94 bits per heavy atom. The number of carbonyl (C=O) groups is 1. The number of rotatable bonds is 6. The van der Waals surface area contributed by atoms with Gasteiger partial charge in [-0.05, 0) is 12.5 Å². The van der Waals surface area contributed by atoms with Gasteiger partial charge < -0.3 is 16.0 Å². The lowest BCUT2D eigenvalue weighted by Gasteiger charge is -2.24. The van der Waals surface area contributed by atoms with Gasteiger partial charge in [0, 0.05) is 31.9 Å². The van der Waals surface area contributed by atoms with Gasteiger partial charge in [-0.2, -0.15) is 0 Å². The standard InChI is InChI=1S/C12H20N4O/c1-3-7-16(9-11(17)14-2)12-10(8-13)5-4-6-15-12/h4-6H,3,7-9,13H2,1-2H3,(H,14,17). The van der Waals surface area contributed by atoms with Crippen LogP contribution in [0.15, 0.2) is 18.3 Å². The molecule has 0 saturated heterocycles. The van der Waals surface area contributed by atoms with Crippen molar-refractivity contribution in [2.75, 3.05) is 25.0 Å². The molecule has 17 heavy (non-hydrogen) atoms. The molecule has 0 spiro atoms. The van der Waals surface area contributed by atoms with E-state index in [2.05, 4.69) is 17.2 Å². The Morgan fingerprint density at radius 2 is 2.35 bits per heavy atom. The maximum atomic E-state index is 11.5. The van der Waals surface area contributed by atoms with Crippen molar-refractivity contribution in [3.63, 3.8) is 0 Å². The summed E-state index contributed by atoms with van der Waals surface area (Å²) in [5.74, 6) is 0.785. The summed E-state index contributed by atoms with van der Waals surface area (Å²) in [6.45, 7) is 3.60. The topological polar surface area (TPSA) is 71.2 Å². The van der Waals surface area contributed by atoms with Crippen LogP contribution in [0.4, 0.5) is 5.82 Å². The van der Waals surface area contributed by atoms with Crippen LogP contribution in [0.3, 0.4) is 0 Å². The number of hydrogen-bond acceptors (Lipinski definition) is 4. The quantitative estimate of drug-likeness (QED) is 0.754. The second kappa shape index (κ2) is 6.85. The summed E-state index contributed by atoms with van der Waals surface area (Å²) in [6.07, 6.45) is 2.68. The van der Waals surface area contributed by atoms with Gasteiger partial charge in [-0.3, -0.25) is 4.79 Å². The highest BCUT2D eigenvalue weighted by Gasteiger charge is 2.13. The summed E-state index contributed by atoms with van der Waals surface area (Å²) < 4.78 is 0. The van der Waals surface area contributed by atoms with E-state index in [0.717, 1.165) is 24.3 Å². The number of pyridine rings is 1. The van der Waals surface area contributed by atoms with E-state index in [-0.39, 0.29) is 5.91 Å². The van der Waals surface area contributed by atoms with Crippen molar-refractivity contribution in [3.05, 3.63) is 23.9 Å². The highest BCUT2D eigenvalue weighted by Crippen LogP contribution is 2.16. The van der Waals surface area contributed by atoms with Crippen LogP contribution < -0.4 is 16.0 Å². The maximum Gasteiger partial charge on any atom is 0.239 e. The van der Waals surface area contributed by atoms with Crippen molar-refractivity contribution in [1.29, 1.82) is 0 Å². The Labute approximate surface area is 102 Å². The van der Waals surface area contributed by atoms with E-state index in [4.69, 9.17) is 5.73 Å².